The number of para-hydroxylation sites is 2. The summed E-state index contributed by atoms with van der Waals surface area (Å²) >= 11 is 13.0. The van der Waals surface area contributed by atoms with Gasteiger partial charge in [-0.05, 0) is 35.7 Å². The van der Waals surface area contributed by atoms with Crippen molar-refractivity contribution in [2.24, 2.45) is 0 Å². The number of carbonyl (C=O) groups excluding carboxylic acids is 1. The standard InChI is InChI=1S/C28H21Cl2N3O/c29-22-10-6-11-23(30)21(22)17-33-26-13-4-3-12-24(26)31-28(33)19-15-27(34)32(16-19)25-14-5-8-18-7-1-2-9-20(18)25/h1-14,19H,15-17H2. The molecule has 4 nitrogen and oxygen atoms in total. The first-order valence-electron chi connectivity index (χ1n) is 11.3. The van der Waals surface area contributed by atoms with Crippen molar-refractivity contribution < 1.29 is 4.79 Å². The van der Waals surface area contributed by atoms with Gasteiger partial charge in [0.15, 0.2) is 0 Å². The van der Waals surface area contributed by atoms with Crippen molar-refractivity contribution in [3.8, 4) is 0 Å². The summed E-state index contributed by atoms with van der Waals surface area (Å²) in [6.07, 6.45) is 0.406. The van der Waals surface area contributed by atoms with Crippen molar-refractivity contribution in [2.45, 2.75) is 18.9 Å². The average Bonchev–Trinajstić information content (AvgIpc) is 3.41. The van der Waals surface area contributed by atoms with Crippen LogP contribution >= 0.6 is 23.2 Å². The Morgan fingerprint density at radius 1 is 0.853 bits per heavy atom. The Labute approximate surface area is 207 Å². The minimum absolute atomic E-state index is 0.0415. The van der Waals surface area contributed by atoms with Crippen LogP contribution in [0.2, 0.25) is 10.0 Å². The number of benzene rings is 4. The highest BCUT2D eigenvalue weighted by Gasteiger charge is 2.35. The van der Waals surface area contributed by atoms with Gasteiger partial charge in [-0.1, -0.05) is 77.8 Å². The van der Waals surface area contributed by atoms with E-state index in [9.17, 15) is 4.79 Å². The van der Waals surface area contributed by atoms with Gasteiger partial charge in [0.2, 0.25) is 5.91 Å². The van der Waals surface area contributed by atoms with Crippen molar-refractivity contribution >= 4 is 56.6 Å². The van der Waals surface area contributed by atoms with Crippen LogP contribution in [0.25, 0.3) is 21.8 Å². The minimum Gasteiger partial charge on any atom is -0.323 e. The molecule has 1 aliphatic rings. The smallest absolute Gasteiger partial charge is 0.227 e. The van der Waals surface area contributed by atoms with Gasteiger partial charge < -0.3 is 9.47 Å². The van der Waals surface area contributed by atoms with Crippen LogP contribution in [0.1, 0.15) is 23.7 Å². The van der Waals surface area contributed by atoms with Gasteiger partial charge in [0.1, 0.15) is 5.82 Å². The Morgan fingerprint density at radius 3 is 2.41 bits per heavy atom. The summed E-state index contributed by atoms with van der Waals surface area (Å²) in [5.74, 6) is 0.948. The van der Waals surface area contributed by atoms with Crippen LogP contribution < -0.4 is 4.90 Å². The molecule has 168 valence electrons. The van der Waals surface area contributed by atoms with Crippen molar-refractivity contribution in [1.29, 1.82) is 0 Å². The maximum atomic E-state index is 13.2. The Kier molecular flexibility index (Phi) is 5.28. The SMILES string of the molecule is O=C1CC(c2nc3ccccc3n2Cc2c(Cl)cccc2Cl)CN1c1cccc2ccccc12. The van der Waals surface area contributed by atoms with Gasteiger partial charge in [-0.3, -0.25) is 4.79 Å². The third-order valence-electron chi connectivity index (χ3n) is 6.61. The first kappa shape index (κ1) is 21.2. The van der Waals surface area contributed by atoms with Crippen LogP contribution in [-0.4, -0.2) is 22.0 Å². The lowest BCUT2D eigenvalue weighted by Crippen LogP contribution is -2.24. The molecule has 0 saturated carbocycles. The molecule has 6 heteroatoms. The van der Waals surface area contributed by atoms with E-state index in [1.165, 1.54) is 0 Å². The molecule has 1 aliphatic heterocycles. The fraction of sp³-hybridized carbons (Fsp3) is 0.143. The zero-order chi connectivity index (χ0) is 23.2. The summed E-state index contributed by atoms with van der Waals surface area (Å²) in [4.78, 5) is 20.1. The van der Waals surface area contributed by atoms with Gasteiger partial charge in [0.05, 0.1) is 23.3 Å². The topological polar surface area (TPSA) is 38.1 Å². The number of carbonyl (C=O) groups is 1. The number of fused-ring (bicyclic) bond motifs is 2. The third kappa shape index (κ3) is 3.54. The first-order valence-corrected chi connectivity index (χ1v) is 12.0. The van der Waals surface area contributed by atoms with Crippen molar-refractivity contribution in [3.63, 3.8) is 0 Å². The van der Waals surface area contributed by atoms with E-state index in [4.69, 9.17) is 28.2 Å². The Bertz CT molecular complexity index is 1530. The van der Waals surface area contributed by atoms with E-state index in [0.29, 0.717) is 29.6 Å². The van der Waals surface area contributed by atoms with Crippen molar-refractivity contribution in [2.75, 3.05) is 11.4 Å². The van der Waals surface area contributed by atoms with E-state index in [0.717, 1.165) is 38.9 Å². The van der Waals surface area contributed by atoms with Gasteiger partial charge in [-0.2, -0.15) is 0 Å². The Balaban J connectivity index is 1.42. The number of rotatable bonds is 4. The van der Waals surface area contributed by atoms with Crippen LogP contribution in [0.5, 0.6) is 0 Å². The first-order chi connectivity index (χ1) is 16.6. The van der Waals surface area contributed by atoms with Crippen LogP contribution in [0.4, 0.5) is 5.69 Å². The number of nitrogens with zero attached hydrogens (tertiary/aromatic N) is 3. The van der Waals surface area contributed by atoms with Gasteiger partial charge in [-0.15, -0.1) is 0 Å². The molecule has 4 aromatic carbocycles. The molecule has 0 spiro atoms. The number of halogens is 2. The number of anilines is 1. The number of hydrogen-bond donors (Lipinski definition) is 0. The molecule has 6 rings (SSSR count). The molecule has 1 atom stereocenters. The van der Waals surface area contributed by atoms with E-state index in [1.54, 1.807) is 0 Å². The molecule has 1 aromatic heterocycles. The van der Waals surface area contributed by atoms with Crippen LogP contribution in [0.3, 0.4) is 0 Å². The monoisotopic (exact) mass is 485 g/mol. The van der Waals surface area contributed by atoms with Crippen molar-refractivity contribution in [1.82, 2.24) is 9.55 Å². The molecule has 1 saturated heterocycles. The number of hydrogen-bond acceptors (Lipinski definition) is 2. The summed E-state index contributed by atoms with van der Waals surface area (Å²) in [7, 11) is 0. The summed E-state index contributed by atoms with van der Waals surface area (Å²) in [5.41, 5.74) is 3.70. The minimum atomic E-state index is -0.0415. The molecule has 1 amide bonds. The molecule has 0 aliphatic carbocycles. The molecule has 0 bridgehead atoms. The number of amides is 1. The zero-order valence-electron chi connectivity index (χ0n) is 18.3. The van der Waals surface area contributed by atoms with Gasteiger partial charge in [-0.25, -0.2) is 4.98 Å². The van der Waals surface area contributed by atoms with E-state index < -0.39 is 0 Å². The zero-order valence-corrected chi connectivity index (χ0v) is 19.8. The number of aromatic nitrogens is 2. The molecule has 34 heavy (non-hydrogen) atoms. The lowest BCUT2D eigenvalue weighted by atomic mass is 10.1. The molecule has 0 N–H and O–H groups in total. The average molecular weight is 486 g/mol. The largest absolute Gasteiger partial charge is 0.323 e. The van der Waals surface area contributed by atoms with Gasteiger partial charge >= 0.3 is 0 Å². The highest BCUT2D eigenvalue weighted by molar-refractivity contribution is 6.36. The summed E-state index contributed by atoms with van der Waals surface area (Å²) in [5, 5.41) is 3.44. The van der Waals surface area contributed by atoms with E-state index in [1.807, 2.05) is 65.6 Å². The maximum Gasteiger partial charge on any atom is 0.227 e. The van der Waals surface area contributed by atoms with Crippen molar-refractivity contribution in [3.05, 3.63) is 106 Å². The predicted molar refractivity (Wildman–Crippen MR) is 139 cm³/mol. The van der Waals surface area contributed by atoms with Gasteiger partial charge in [0.25, 0.3) is 0 Å². The fourth-order valence-corrected chi connectivity index (χ4v) is 5.49. The molecule has 1 fully saturated rings. The van der Waals surface area contributed by atoms with E-state index >= 15 is 0 Å². The second-order valence-corrected chi connectivity index (χ2v) is 9.46. The van der Waals surface area contributed by atoms with Crippen LogP contribution in [-0.2, 0) is 11.3 Å². The molecular weight excluding hydrogens is 465 g/mol. The molecule has 2 heterocycles. The van der Waals surface area contributed by atoms with Crippen LogP contribution in [0.15, 0.2) is 84.9 Å². The summed E-state index contributed by atoms with van der Waals surface area (Å²) in [6.45, 7) is 1.07. The predicted octanol–water partition coefficient (Wildman–Crippen LogP) is 7.07. The summed E-state index contributed by atoms with van der Waals surface area (Å²) in [6, 6.07) is 27.9. The third-order valence-corrected chi connectivity index (χ3v) is 7.32. The Hall–Kier alpha value is -3.34. The molecular formula is C28H21Cl2N3O. The van der Waals surface area contributed by atoms with E-state index in [-0.39, 0.29) is 11.8 Å². The second kappa shape index (κ2) is 8.46. The Morgan fingerprint density at radius 2 is 1.56 bits per heavy atom. The molecule has 1 unspecified atom stereocenters. The van der Waals surface area contributed by atoms with Gasteiger partial charge in [0, 0.05) is 39.9 Å². The number of imidazole rings is 1. The van der Waals surface area contributed by atoms with Crippen LogP contribution in [0, 0.1) is 0 Å². The molecule has 0 radical (unpaired) electrons. The highest BCUT2D eigenvalue weighted by atomic mass is 35.5. The highest BCUT2D eigenvalue weighted by Crippen LogP contribution is 2.37. The van der Waals surface area contributed by atoms with E-state index in [2.05, 4.69) is 28.8 Å². The lowest BCUT2D eigenvalue weighted by Gasteiger charge is -2.19. The quantitative estimate of drug-likeness (QED) is 0.273. The molecule has 5 aromatic rings. The normalized spacial score (nSPS) is 16.1. The lowest BCUT2D eigenvalue weighted by molar-refractivity contribution is -0.117. The second-order valence-electron chi connectivity index (χ2n) is 8.65. The fourth-order valence-electron chi connectivity index (χ4n) is 4.97. The summed E-state index contributed by atoms with van der Waals surface area (Å²) < 4.78 is 2.16. The maximum absolute atomic E-state index is 13.2.